The van der Waals surface area contributed by atoms with E-state index in [9.17, 15) is 0 Å². The zero-order chi connectivity index (χ0) is 33.3. The summed E-state index contributed by atoms with van der Waals surface area (Å²) in [5.41, 5.74) is 8.87. The van der Waals surface area contributed by atoms with E-state index >= 15 is 0 Å². The van der Waals surface area contributed by atoms with Gasteiger partial charge in [0.05, 0.1) is 0 Å². The lowest BCUT2D eigenvalue weighted by molar-refractivity contribution is 1.18. The fourth-order valence-corrected chi connectivity index (χ4v) is 6.53. The van der Waals surface area contributed by atoms with Crippen LogP contribution in [0.15, 0.2) is 171 Å². The monoisotopic (exact) mass is 640 g/mol. The Labute approximate surface area is 288 Å². The summed E-state index contributed by atoms with van der Waals surface area (Å²) in [6.45, 7) is 0. The minimum absolute atomic E-state index is 0.635. The van der Waals surface area contributed by atoms with E-state index in [-0.39, 0.29) is 0 Å². The van der Waals surface area contributed by atoms with E-state index in [4.69, 9.17) is 29.9 Å². The van der Waals surface area contributed by atoms with Crippen LogP contribution in [0.4, 0.5) is 0 Å². The van der Waals surface area contributed by atoms with Gasteiger partial charge in [0.2, 0.25) is 0 Å². The van der Waals surface area contributed by atoms with Crippen LogP contribution in [0.25, 0.3) is 89.1 Å². The van der Waals surface area contributed by atoms with Crippen LogP contribution in [-0.4, -0.2) is 29.9 Å². The topological polar surface area (TPSA) is 77.3 Å². The largest absolute Gasteiger partial charge is 0.236 e. The van der Waals surface area contributed by atoms with Gasteiger partial charge in [-0.3, -0.25) is 0 Å². The summed E-state index contributed by atoms with van der Waals surface area (Å²) in [5, 5.41) is 3.99. The molecule has 6 heteroatoms. The van der Waals surface area contributed by atoms with Crippen molar-refractivity contribution in [2.75, 3.05) is 0 Å². The average Bonchev–Trinajstić information content (AvgIpc) is 3.21. The molecule has 6 nitrogen and oxygen atoms in total. The third-order valence-corrected chi connectivity index (χ3v) is 9.01. The molecule has 0 amide bonds. The second-order valence-corrected chi connectivity index (χ2v) is 12.0. The molecule has 0 aliphatic carbocycles. The lowest BCUT2D eigenvalue weighted by Crippen LogP contribution is -1.98. The molecule has 6 aromatic carbocycles. The van der Waals surface area contributed by atoms with E-state index in [0.29, 0.717) is 17.5 Å². The van der Waals surface area contributed by atoms with Gasteiger partial charge >= 0.3 is 0 Å². The van der Waals surface area contributed by atoms with Gasteiger partial charge in [0, 0.05) is 70.6 Å². The SMILES string of the molecule is c1ccc(-c2cnc(-c3ccc4c(-c5ncc(-c6ccccc6)cn5)c5ccccc5c(-c5ncc(-c6ccccc6)cn5)c4c3)nc2)cc1. The molecule has 0 radical (unpaired) electrons. The number of nitrogens with zero attached hydrogens (tertiary/aromatic N) is 6. The van der Waals surface area contributed by atoms with Crippen molar-refractivity contribution in [3.63, 3.8) is 0 Å². The van der Waals surface area contributed by atoms with Gasteiger partial charge in [0.1, 0.15) is 0 Å². The van der Waals surface area contributed by atoms with Gasteiger partial charge in [-0.05, 0) is 44.3 Å². The van der Waals surface area contributed by atoms with Gasteiger partial charge in [0.15, 0.2) is 17.5 Å². The molecule has 3 aromatic heterocycles. The van der Waals surface area contributed by atoms with Gasteiger partial charge in [0.25, 0.3) is 0 Å². The van der Waals surface area contributed by atoms with Crippen molar-refractivity contribution in [3.8, 4) is 67.5 Å². The number of fused-ring (bicyclic) bond motifs is 2. The first-order chi connectivity index (χ1) is 24.8. The van der Waals surface area contributed by atoms with Crippen molar-refractivity contribution in [2.45, 2.75) is 0 Å². The van der Waals surface area contributed by atoms with Crippen LogP contribution < -0.4 is 0 Å². The maximum absolute atomic E-state index is 4.95. The van der Waals surface area contributed by atoms with E-state index in [2.05, 4.69) is 78.9 Å². The maximum atomic E-state index is 4.95. The highest BCUT2D eigenvalue weighted by Gasteiger charge is 2.21. The van der Waals surface area contributed by atoms with E-state index in [1.165, 1.54) is 0 Å². The molecule has 0 saturated carbocycles. The summed E-state index contributed by atoms with van der Waals surface area (Å²) in [6, 6.07) is 45.2. The Morgan fingerprint density at radius 1 is 0.240 bits per heavy atom. The lowest BCUT2D eigenvalue weighted by atomic mass is 9.89. The number of benzene rings is 6. The Bertz CT molecular complexity index is 2590. The molecule has 0 N–H and O–H groups in total. The van der Waals surface area contributed by atoms with Crippen LogP contribution in [0, 0.1) is 0 Å². The summed E-state index contributed by atoms with van der Waals surface area (Å²) >= 11 is 0. The smallest absolute Gasteiger partial charge is 0.160 e. The van der Waals surface area contributed by atoms with Crippen molar-refractivity contribution in [1.82, 2.24) is 29.9 Å². The highest BCUT2D eigenvalue weighted by atomic mass is 14.9. The molecule has 9 rings (SSSR count). The van der Waals surface area contributed by atoms with E-state index < -0.39 is 0 Å². The van der Waals surface area contributed by atoms with Crippen LogP contribution in [0.2, 0.25) is 0 Å². The second kappa shape index (κ2) is 12.6. The minimum Gasteiger partial charge on any atom is -0.236 e. The molecule has 3 heterocycles. The Balaban J connectivity index is 1.25. The fourth-order valence-electron chi connectivity index (χ4n) is 6.53. The van der Waals surface area contributed by atoms with Crippen LogP contribution in [-0.2, 0) is 0 Å². The van der Waals surface area contributed by atoms with Gasteiger partial charge < -0.3 is 0 Å². The summed E-state index contributed by atoms with van der Waals surface area (Å²) in [6.07, 6.45) is 11.3. The summed E-state index contributed by atoms with van der Waals surface area (Å²) in [5.74, 6) is 1.92. The van der Waals surface area contributed by atoms with Crippen molar-refractivity contribution in [2.24, 2.45) is 0 Å². The van der Waals surface area contributed by atoms with Crippen molar-refractivity contribution in [3.05, 3.63) is 171 Å². The van der Waals surface area contributed by atoms with E-state index in [0.717, 1.165) is 71.6 Å². The van der Waals surface area contributed by atoms with Crippen molar-refractivity contribution < 1.29 is 0 Å². The van der Waals surface area contributed by atoms with Crippen LogP contribution >= 0.6 is 0 Å². The maximum Gasteiger partial charge on any atom is 0.160 e. The standard InChI is InChI=1S/C44H28N6/c1-4-12-29(13-5-1)33-23-45-42(46-24-33)32-20-21-38-39(22-32)41(44-49-27-35(28-50-44)31-16-8-3-9-17-31)37-19-11-10-18-36(37)40(38)43-47-25-34(26-48-43)30-14-6-2-7-15-30/h1-28H. The first kappa shape index (κ1) is 29.2. The van der Waals surface area contributed by atoms with Crippen molar-refractivity contribution >= 4 is 21.5 Å². The molecule has 0 unspecified atom stereocenters. The number of hydrogen-bond donors (Lipinski definition) is 0. The Kier molecular flexibility index (Phi) is 7.37. The molecule has 0 bridgehead atoms. The molecule has 0 spiro atoms. The quantitative estimate of drug-likeness (QED) is 0.168. The van der Waals surface area contributed by atoms with Crippen LogP contribution in [0.3, 0.4) is 0 Å². The zero-order valence-electron chi connectivity index (χ0n) is 26.8. The predicted molar refractivity (Wildman–Crippen MR) is 201 cm³/mol. The van der Waals surface area contributed by atoms with Crippen LogP contribution in [0.1, 0.15) is 0 Å². The molecule has 9 aromatic rings. The molecule has 0 fully saturated rings. The van der Waals surface area contributed by atoms with Crippen LogP contribution in [0.5, 0.6) is 0 Å². The minimum atomic E-state index is 0.635. The third kappa shape index (κ3) is 5.35. The third-order valence-electron chi connectivity index (χ3n) is 9.01. The van der Waals surface area contributed by atoms with Gasteiger partial charge in [-0.1, -0.05) is 127 Å². The zero-order valence-corrected chi connectivity index (χ0v) is 26.8. The molecule has 0 saturated heterocycles. The second-order valence-electron chi connectivity index (χ2n) is 12.0. The normalized spacial score (nSPS) is 11.2. The van der Waals surface area contributed by atoms with Crippen molar-refractivity contribution in [1.29, 1.82) is 0 Å². The van der Waals surface area contributed by atoms with E-state index in [1.54, 1.807) is 0 Å². The lowest BCUT2D eigenvalue weighted by Gasteiger charge is -2.17. The number of hydrogen-bond acceptors (Lipinski definition) is 6. The summed E-state index contributed by atoms with van der Waals surface area (Å²) < 4.78 is 0. The number of rotatable bonds is 6. The molecular weight excluding hydrogens is 613 g/mol. The molecular formula is C44H28N6. The average molecular weight is 641 g/mol. The molecule has 50 heavy (non-hydrogen) atoms. The highest BCUT2D eigenvalue weighted by molar-refractivity contribution is 6.20. The van der Waals surface area contributed by atoms with E-state index in [1.807, 2.05) is 91.8 Å². The Morgan fingerprint density at radius 2 is 0.580 bits per heavy atom. The molecule has 0 atom stereocenters. The van der Waals surface area contributed by atoms with Gasteiger partial charge in [-0.25, -0.2) is 29.9 Å². The fraction of sp³-hybridized carbons (Fsp3) is 0. The first-order valence-electron chi connectivity index (χ1n) is 16.4. The molecule has 0 aliphatic heterocycles. The predicted octanol–water partition coefficient (Wildman–Crippen LogP) is 10.4. The Morgan fingerprint density at radius 3 is 1.00 bits per heavy atom. The van der Waals surface area contributed by atoms with Gasteiger partial charge in [-0.2, -0.15) is 0 Å². The summed E-state index contributed by atoms with van der Waals surface area (Å²) in [4.78, 5) is 29.3. The Hall–Kier alpha value is -6.92. The number of aromatic nitrogens is 6. The first-order valence-corrected chi connectivity index (χ1v) is 16.4. The molecule has 234 valence electrons. The highest BCUT2D eigenvalue weighted by Crippen LogP contribution is 2.43. The summed E-state index contributed by atoms with van der Waals surface area (Å²) in [7, 11) is 0. The molecule has 0 aliphatic rings. The van der Waals surface area contributed by atoms with Gasteiger partial charge in [-0.15, -0.1) is 0 Å².